The molecule has 0 spiro atoms. The lowest BCUT2D eigenvalue weighted by molar-refractivity contribution is 0.0513. The predicted octanol–water partition coefficient (Wildman–Crippen LogP) is 5.94. The van der Waals surface area contributed by atoms with Crippen molar-refractivity contribution in [3.05, 3.63) is 119 Å². The van der Waals surface area contributed by atoms with Crippen molar-refractivity contribution in [3.8, 4) is 34.9 Å². The van der Waals surface area contributed by atoms with Gasteiger partial charge in [-0.05, 0) is 76.2 Å². The van der Waals surface area contributed by atoms with Gasteiger partial charge < -0.3 is 34.2 Å². The number of nitriles is 2. The van der Waals surface area contributed by atoms with Crippen LogP contribution in [0.3, 0.4) is 0 Å². The Kier molecular flexibility index (Phi) is 13.1. The Morgan fingerprint density at radius 2 is 1.25 bits per heavy atom. The number of carbonyl (C=O) groups excluding carboxylic acids is 1. The van der Waals surface area contributed by atoms with Gasteiger partial charge in [0.2, 0.25) is 23.4 Å². The molecule has 0 radical (unpaired) electrons. The van der Waals surface area contributed by atoms with E-state index in [0.29, 0.717) is 65.3 Å². The minimum atomic E-state index is -0.975. The maximum atomic E-state index is 13.3. The van der Waals surface area contributed by atoms with Gasteiger partial charge in [0.15, 0.2) is 0 Å². The number of carboxylic acids is 1. The molecule has 4 aromatic heterocycles. The molecule has 2 aliphatic rings. The summed E-state index contributed by atoms with van der Waals surface area (Å²) >= 11 is 0. The summed E-state index contributed by atoms with van der Waals surface area (Å²) in [6, 6.07) is 25.2. The standard InChI is InChI=1S/C22H22N6O2.C12H16N4.C10H8N2O3/c1-15-25-20(26-30-15)17-5-4-6-18(11-17)21(29)28-10-9-27(14-22(28,2)3)19-8-7-16(12-23)13-24-19;1-12(2)9-16(6-5-15-12)11-4-3-10(7-13)8-14-11;1-6-11-9(12-15-6)7-3-2-4-8(5-7)10(13)14/h4-8,11,13H,9-10,14H2,1-3H3;3-4,8,15H,5-6,9H2,1-2H3;2-5H,1H3,(H,13,14). The maximum absolute atomic E-state index is 13.3. The number of benzene rings is 2. The number of nitrogens with one attached hydrogen (secondary N) is 1. The summed E-state index contributed by atoms with van der Waals surface area (Å²) < 4.78 is 9.86. The van der Waals surface area contributed by atoms with Crippen LogP contribution in [-0.4, -0.2) is 102 Å². The van der Waals surface area contributed by atoms with Crippen LogP contribution in [0.15, 0.2) is 94.2 Å². The molecule has 0 atom stereocenters. The fraction of sp³-hybridized carbons (Fsp3) is 0.318. The Balaban J connectivity index is 0.000000169. The van der Waals surface area contributed by atoms with Gasteiger partial charge in [0.05, 0.1) is 22.2 Å². The van der Waals surface area contributed by atoms with Gasteiger partial charge >= 0.3 is 5.97 Å². The van der Waals surface area contributed by atoms with Crippen LogP contribution in [0.4, 0.5) is 11.6 Å². The molecule has 6 aromatic rings. The molecular formula is C44H46N12O5. The first kappa shape index (κ1) is 43.1. The minimum Gasteiger partial charge on any atom is -0.478 e. The van der Waals surface area contributed by atoms with Gasteiger partial charge in [-0.3, -0.25) is 4.79 Å². The van der Waals surface area contributed by atoms with E-state index < -0.39 is 11.5 Å². The summed E-state index contributed by atoms with van der Waals surface area (Å²) in [5, 5.41) is 37.6. The van der Waals surface area contributed by atoms with E-state index >= 15 is 0 Å². The number of pyridine rings is 2. The Hall–Kier alpha value is -7.50. The van der Waals surface area contributed by atoms with Crippen LogP contribution >= 0.6 is 0 Å². The van der Waals surface area contributed by atoms with Crippen molar-refractivity contribution in [3.63, 3.8) is 0 Å². The van der Waals surface area contributed by atoms with Crippen molar-refractivity contribution in [2.75, 3.05) is 49.1 Å². The number of piperazine rings is 2. The van der Waals surface area contributed by atoms with Gasteiger partial charge in [0.25, 0.3) is 5.91 Å². The fourth-order valence-corrected chi connectivity index (χ4v) is 6.91. The molecule has 1 amide bonds. The average Bonchev–Trinajstić information content (AvgIpc) is 3.91. The monoisotopic (exact) mass is 822 g/mol. The molecule has 61 heavy (non-hydrogen) atoms. The van der Waals surface area contributed by atoms with E-state index in [2.05, 4.69) is 71.4 Å². The number of carbonyl (C=O) groups is 2. The quantitative estimate of drug-likeness (QED) is 0.198. The van der Waals surface area contributed by atoms with Gasteiger partial charge in [-0.2, -0.15) is 20.5 Å². The first-order valence-corrected chi connectivity index (χ1v) is 19.5. The van der Waals surface area contributed by atoms with E-state index in [1.165, 1.54) is 12.1 Å². The molecule has 2 aromatic carbocycles. The number of aromatic carboxylic acids is 1. The maximum Gasteiger partial charge on any atom is 0.335 e. The van der Waals surface area contributed by atoms with Crippen molar-refractivity contribution in [1.82, 2.24) is 40.5 Å². The second-order valence-corrected chi connectivity index (χ2v) is 15.7. The van der Waals surface area contributed by atoms with E-state index in [0.717, 1.165) is 36.8 Å². The second-order valence-electron chi connectivity index (χ2n) is 15.7. The molecule has 0 unspecified atom stereocenters. The van der Waals surface area contributed by atoms with Gasteiger partial charge in [0.1, 0.15) is 23.8 Å². The molecule has 2 saturated heterocycles. The molecule has 17 nitrogen and oxygen atoms in total. The van der Waals surface area contributed by atoms with Crippen LogP contribution in [0.5, 0.6) is 0 Å². The van der Waals surface area contributed by atoms with Crippen molar-refractivity contribution in [2.45, 2.75) is 52.6 Å². The van der Waals surface area contributed by atoms with Crippen molar-refractivity contribution < 1.29 is 23.7 Å². The van der Waals surface area contributed by atoms with Gasteiger partial charge in [-0.25, -0.2) is 14.8 Å². The van der Waals surface area contributed by atoms with E-state index in [4.69, 9.17) is 24.7 Å². The molecule has 2 fully saturated rings. The third-order valence-corrected chi connectivity index (χ3v) is 9.91. The highest BCUT2D eigenvalue weighted by atomic mass is 16.5. The van der Waals surface area contributed by atoms with Gasteiger partial charge in [-0.1, -0.05) is 34.6 Å². The summed E-state index contributed by atoms with van der Waals surface area (Å²) in [4.78, 5) is 47.3. The smallest absolute Gasteiger partial charge is 0.335 e. The summed E-state index contributed by atoms with van der Waals surface area (Å²) in [6.07, 6.45) is 3.20. The molecule has 17 heteroatoms. The fourth-order valence-electron chi connectivity index (χ4n) is 6.91. The summed E-state index contributed by atoms with van der Waals surface area (Å²) in [6.45, 7) is 16.6. The number of rotatable bonds is 6. The Labute approximate surface area is 353 Å². The number of carboxylic acid groups (broad SMARTS) is 1. The first-order valence-electron chi connectivity index (χ1n) is 19.5. The number of hydrogen-bond acceptors (Lipinski definition) is 15. The molecule has 312 valence electrons. The van der Waals surface area contributed by atoms with Crippen molar-refractivity contribution in [2.24, 2.45) is 0 Å². The zero-order chi connectivity index (χ0) is 43.7. The van der Waals surface area contributed by atoms with E-state index in [1.807, 2.05) is 55.1 Å². The number of aryl methyl sites for hydroxylation is 2. The molecule has 8 rings (SSSR count). The third kappa shape index (κ3) is 11.0. The SMILES string of the molecule is CC1(C)CN(c2ccc(C#N)cn2)CCN1.Cc1nc(-c2cccc(C(=O)N3CCN(c4ccc(C#N)cn4)CC3(C)C)c2)no1.Cc1nc(-c2cccc(C(=O)O)c2)no1. The lowest BCUT2D eigenvalue weighted by Crippen LogP contribution is -2.61. The lowest BCUT2D eigenvalue weighted by Gasteiger charge is -2.47. The van der Waals surface area contributed by atoms with Crippen LogP contribution < -0.4 is 15.1 Å². The van der Waals surface area contributed by atoms with E-state index in [-0.39, 0.29) is 17.0 Å². The van der Waals surface area contributed by atoms with Gasteiger partial charge in [0, 0.05) is 87.7 Å². The summed E-state index contributed by atoms with van der Waals surface area (Å²) in [5.41, 5.74) is 3.03. The first-order chi connectivity index (χ1) is 29.1. The summed E-state index contributed by atoms with van der Waals surface area (Å²) in [7, 11) is 0. The molecule has 0 bridgehead atoms. The highest BCUT2D eigenvalue weighted by Crippen LogP contribution is 2.28. The molecule has 6 heterocycles. The number of amides is 1. The van der Waals surface area contributed by atoms with Crippen LogP contribution in [0.25, 0.3) is 22.8 Å². The second kappa shape index (κ2) is 18.6. The largest absolute Gasteiger partial charge is 0.478 e. The Morgan fingerprint density at radius 3 is 1.69 bits per heavy atom. The zero-order valence-electron chi connectivity index (χ0n) is 34.8. The van der Waals surface area contributed by atoms with Gasteiger partial charge in [-0.15, -0.1) is 0 Å². The molecule has 0 saturated carbocycles. The van der Waals surface area contributed by atoms with E-state index in [9.17, 15) is 9.59 Å². The molecule has 0 aliphatic carbocycles. The number of hydrogen-bond donors (Lipinski definition) is 2. The van der Waals surface area contributed by atoms with Crippen LogP contribution in [0.1, 0.15) is 71.3 Å². The van der Waals surface area contributed by atoms with E-state index in [1.54, 1.807) is 50.5 Å². The van der Waals surface area contributed by atoms with Crippen molar-refractivity contribution in [1.29, 1.82) is 10.5 Å². The number of anilines is 2. The highest BCUT2D eigenvalue weighted by Gasteiger charge is 2.37. The number of nitrogens with zero attached hydrogens (tertiary/aromatic N) is 11. The van der Waals surface area contributed by atoms with Crippen LogP contribution in [0, 0.1) is 36.5 Å². The van der Waals surface area contributed by atoms with Crippen molar-refractivity contribution >= 4 is 23.5 Å². The normalized spacial score (nSPS) is 15.2. The third-order valence-electron chi connectivity index (χ3n) is 9.91. The number of aromatic nitrogens is 6. The average molecular weight is 823 g/mol. The topological polar surface area (TPSA) is 227 Å². The minimum absolute atomic E-state index is 0.0329. The summed E-state index contributed by atoms with van der Waals surface area (Å²) in [5.74, 6) is 2.55. The molecule has 2 N–H and O–H groups in total. The highest BCUT2D eigenvalue weighted by molar-refractivity contribution is 5.96. The zero-order valence-corrected chi connectivity index (χ0v) is 34.8. The lowest BCUT2D eigenvalue weighted by atomic mass is 9.96. The van der Waals surface area contributed by atoms with Crippen LogP contribution in [0.2, 0.25) is 0 Å². The Morgan fingerprint density at radius 1 is 0.721 bits per heavy atom. The Bertz CT molecular complexity index is 2550. The molecule has 2 aliphatic heterocycles. The molecular weight excluding hydrogens is 777 g/mol. The van der Waals surface area contributed by atoms with Crippen LogP contribution in [-0.2, 0) is 0 Å². The predicted molar refractivity (Wildman–Crippen MR) is 225 cm³/mol.